The molecule has 1 aromatic heterocycles. The van der Waals surface area contributed by atoms with E-state index in [1.807, 2.05) is 6.92 Å². The maximum Gasteiger partial charge on any atom is 0.284 e. The van der Waals surface area contributed by atoms with Crippen molar-refractivity contribution in [2.45, 2.75) is 58.5 Å². The highest BCUT2D eigenvalue weighted by Crippen LogP contribution is 2.26. The van der Waals surface area contributed by atoms with E-state index >= 15 is 0 Å². The van der Waals surface area contributed by atoms with E-state index in [2.05, 4.69) is 22.5 Å². The molecular weight excluding hydrogens is 292 g/mol. The van der Waals surface area contributed by atoms with Crippen molar-refractivity contribution in [3.8, 4) is 0 Å². The van der Waals surface area contributed by atoms with Crippen molar-refractivity contribution in [1.82, 2.24) is 10.6 Å². The lowest BCUT2D eigenvalue weighted by Gasteiger charge is -2.29. The van der Waals surface area contributed by atoms with Gasteiger partial charge >= 0.3 is 0 Å². The van der Waals surface area contributed by atoms with E-state index in [1.54, 1.807) is 12.1 Å². The minimum absolute atomic E-state index is 0.172. The van der Waals surface area contributed by atoms with Crippen molar-refractivity contribution >= 4 is 11.9 Å². The van der Waals surface area contributed by atoms with E-state index in [4.69, 9.17) is 10.2 Å². The lowest BCUT2D eigenvalue weighted by molar-refractivity contribution is 0.0972. The number of amides is 1. The third-order valence-corrected chi connectivity index (χ3v) is 4.41. The number of nitrogens with two attached hydrogens (primary N) is 1. The number of rotatable bonds is 6. The van der Waals surface area contributed by atoms with Gasteiger partial charge < -0.3 is 20.8 Å². The second-order valence-electron chi connectivity index (χ2n) is 6.10. The molecule has 1 aliphatic carbocycles. The van der Waals surface area contributed by atoms with Crippen LogP contribution in [0.2, 0.25) is 0 Å². The highest BCUT2D eigenvalue weighted by atomic mass is 16.3. The Morgan fingerprint density at radius 2 is 2.04 bits per heavy atom. The summed E-state index contributed by atoms with van der Waals surface area (Å²) in [5, 5.41) is 6.77. The number of aliphatic imine (C=N–C) groups is 1. The number of nitrogens with zero attached hydrogens (tertiary/aromatic N) is 1. The molecule has 1 fully saturated rings. The summed E-state index contributed by atoms with van der Waals surface area (Å²) in [7, 11) is 0. The zero-order valence-electron chi connectivity index (χ0n) is 14.1. The van der Waals surface area contributed by atoms with Crippen LogP contribution in [0.4, 0.5) is 0 Å². The van der Waals surface area contributed by atoms with Crippen LogP contribution in [0.15, 0.2) is 21.5 Å². The van der Waals surface area contributed by atoms with Crippen molar-refractivity contribution in [3.05, 3.63) is 23.7 Å². The fourth-order valence-electron chi connectivity index (χ4n) is 2.98. The molecule has 0 atom stereocenters. The van der Waals surface area contributed by atoms with E-state index in [1.165, 1.54) is 32.1 Å². The summed E-state index contributed by atoms with van der Waals surface area (Å²) in [5.41, 5.74) is 5.18. The zero-order chi connectivity index (χ0) is 16.7. The normalized spacial score (nSPS) is 21.9. The first-order valence-electron chi connectivity index (χ1n) is 8.55. The Kier molecular flexibility index (Phi) is 6.50. The molecule has 6 heteroatoms. The van der Waals surface area contributed by atoms with Crippen molar-refractivity contribution in [3.63, 3.8) is 0 Å². The molecule has 0 aromatic carbocycles. The SMILES string of the molecule is CCNC(=NCc1ccc(C(N)=O)o1)NC1CCC(CC)CC1. The first kappa shape index (κ1) is 17.4. The Balaban J connectivity index is 1.90. The van der Waals surface area contributed by atoms with Crippen LogP contribution in [0.5, 0.6) is 0 Å². The Hall–Kier alpha value is -1.98. The summed E-state index contributed by atoms with van der Waals surface area (Å²) < 4.78 is 5.36. The molecule has 128 valence electrons. The van der Waals surface area contributed by atoms with Gasteiger partial charge in [-0.15, -0.1) is 0 Å². The molecular formula is C17H28N4O2. The van der Waals surface area contributed by atoms with Gasteiger partial charge in [0.15, 0.2) is 11.7 Å². The van der Waals surface area contributed by atoms with E-state index in [0.717, 1.165) is 18.4 Å². The Morgan fingerprint density at radius 1 is 1.30 bits per heavy atom. The van der Waals surface area contributed by atoms with Gasteiger partial charge in [0, 0.05) is 12.6 Å². The molecule has 0 spiro atoms. The number of guanidine groups is 1. The van der Waals surface area contributed by atoms with E-state index in [0.29, 0.717) is 18.3 Å². The summed E-state index contributed by atoms with van der Waals surface area (Å²) >= 11 is 0. The molecule has 2 rings (SSSR count). The zero-order valence-corrected chi connectivity index (χ0v) is 14.1. The maximum absolute atomic E-state index is 11.0. The van der Waals surface area contributed by atoms with Crippen LogP contribution >= 0.6 is 0 Å². The van der Waals surface area contributed by atoms with Crippen LogP contribution in [0.25, 0.3) is 0 Å². The minimum Gasteiger partial charge on any atom is -0.454 e. The van der Waals surface area contributed by atoms with Crippen LogP contribution in [-0.2, 0) is 6.54 Å². The summed E-state index contributed by atoms with van der Waals surface area (Å²) in [4.78, 5) is 15.6. The second-order valence-corrected chi connectivity index (χ2v) is 6.10. The van der Waals surface area contributed by atoms with Crippen LogP contribution in [-0.4, -0.2) is 24.5 Å². The Morgan fingerprint density at radius 3 is 2.61 bits per heavy atom. The van der Waals surface area contributed by atoms with Gasteiger partial charge in [-0.1, -0.05) is 13.3 Å². The Bertz CT molecular complexity index is 530. The van der Waals surface area contributed by atoms with Gasteiger partial charge in [0.25, 0.3) is 5.91 Å². The van der Waals surface area contributed by atoms with Gasteiger partial charge in [0.1, 0.15) is 12.3 Å². The number of hydrogen-bond donors (Lipinski definition) is 3. The highest BCUT2D eigenvalue weighted by molar-refractivity contribution is 5.89. The summed E-state index contributed by atoms with van der Waals surface area (Å²) in [6, 6.07) is 3.80. The molecule has 4 N–H and O–H groups in total. The van der Waals surface area contributed by atoms with Crippen LogP contribution in [0.1, 0.15) is 62.3 Å². The number of primary amides is 1. The number of furan rings is 1. The summed E-state index contributed by atoms with van der Waals surface area (Å²) in [6.07, 6.45) is 6.23. The molecule has 1 amide bonds. The van der Waals surface area contributed by atoms with Gasteiger partial charge in [-0.25, -0.2) is 4.99 Å². The van der Waals surface area contributed by atoms with Crippen LogP contribution in [0, 0.1) is 5.92 Å². The molecule has 0 saturated heterocycles. The third kappa shape index (κ3) is 5.30. The minimum atomic E-state index is -0.557. The number of hydrogen-bond acceptors (Lipinski definition) is 3. The molecule has 0 radical (unpaired) electrons. The number of carbonyl (C=O) groups is 1. The smallest absolute Gasteiger partial charge is 0.284 e. The Labute approximate surface area is 137 Å². The van der Waals surface area contributed by atoms with E-state index < -0.39 is 5.91 Å². The van der Waals surface area contributed by atoms with Crippen molar-refractivity contribution < 1.29 is 9.21 Å². The third-order valence-electron chi connectivity index (χ3n) is 4.41. The van der Waals surface area contributed by atoms with Gasteiger partial charge in [-0.3, -0.25) is 4.79 Å². The van der Waals surface area contributed by atoms with E-state index in [-0.39, 0.29) is 5.76 Å². The average Bonchev–Trinajstić information content (AvgIpc) is 3.03. The van der Waals surface area contributed by atoms with Crippen molar-refractivity contribution in [2.75, 3.05) is 6.54 Å². The molecule has 1 heterocycles. The lowest BCUT2D eigenvalue weighted by Crippen LogP contribution is -2.44. The molecule has 0 unspecified atom stereocenters. The van der Waals surface area contributed by atoms with Crippen molar-refractivity contribution in [1.29, 1.82) is 0 Å². The quantitative estimate of drug-likeness (QED) is 0.554. The van der Waals surface area contributed by atoms with E-state index in [9.17, 15) is 4.79 Å². The van der Waals surface area contributed by atoms with Crippen molar-refractivity contribution in [2.24, 2.45) is 16.6 Å². The van der Waals surface area contributed by atoms with Gasteiger partial charge in [0.2, 0.25) is 0 Å². The molecule has 1 saturated carbocycles. The fourth-order valence-corrected chi connectivity index (χ4v) is 2.98. The van der Waals surface area contributed by atoms with Crippen LogP contribution < -0.4 is 16.4 Å². The monoisotopic (exact) mass is 320 g/mol. The average molecular weight is 320 g/mol. The molecule has 1 aliphatic rings. The molecule has 1 aromatic rings. The molecule has 0 aliphatic heterocycles. The predicted octanol–water partition coefficient (Wildman–Crippen LogP) is 2.40. The molecule has 6 nitrogen and oxygen atoms in total. The topological polar surface area (TPSA) is 92.6 Å². The lowest BCUT2D eigenvalue weighted by atomic mass is 9.84. The maximum atomic E-state index is 11.0. The first-order chi connectivity index (χ1) is 11.1. The fraction of sp³-hybridized carbons (Fsp3) is 0.647. The van der Waals surface area contributed by atoms with Gasteiger partial charge in [-0.2, -0.15) is 0 Å². The second kappa shape index (κ2) is 8.60. The first-order valence-corrected chi connectivity index (χ1v) is 8.55. The predicted molar refractivity (Wildman–Crippen MR) is 91.2 cm³/mol. The number of carbonyl (C=O) groups excluding carboxylic acids is 1. The largest absolute Gasteiger partial charge is 0.454 e. The molecule has 23 heavy (non-hydrogen) atoms. The standard InChI is InChI=1S/C17H28N4O2/c1-3-12-5-7-13(8-6-12)21-17(19-4-2)20-11-14-9-10-15(23-14)16(18)22/h9-10,12-13H,3-8,11H2,1-2H3,(H2,18,22)(H2,19,20,21). The summed E-state index contributed by atoms with van der Waals surface area (Å²) in [5.74, 6) is 1.92. The summed E-state index contributed by atoms with van der Waals surface area (Å²) in [6.45, 7) is 5.50. The highest BCUT2D eigenvalue weighted by Gasteiger charge is 2.20. The molecule has 0 bridgehead atoms. The van der Waals surface area contributed by atoms with Gasteiger partial charge in [-0.05, 0) is 50.7 Å². The van der Waals surface area contributed by atoms with Gasteiger partial charge in [0.05, 0.1) is 0 Å². The van der Waals surface area contributed by atoms with Crippen LogP contribution in [0.3, 0.4) is 0 Å². The number of nitrogens with one attached hydrogen (secondary N) is 2.